The van der Waals surface area contributed by atoms with Crippen molar-refractivity contribution in [2.45, 2.75) is 244 Å². The Hall–Kier alpha value is -7.67. The van der Waals surface area contributed by atoms with E-state index in [2.05, 4.69) is 0 Å². The molecule has 0 aliphatic carbocycles. The zero-order valence-electron chi connectivity index (χ0n) is 65.7. The maximum absolute atomic E-state index is 9.95. The molecule has 40 N–H and O–H groups in total. The SMILES string of the molecule is O=C[C@H](O)[C@@H](O)[C@@H](O)[C@H](O)C(=O)[O-].O=C[C@H](O)[C@@H](O)[C@@H](O)[C@H](O)C(=O)[O-].O=C[C@H](O)[C@@H](O)[C@@H](O)[C@H](O)C(=O)[O-].O=C[C@H](O)[C@@H](O)[C@@H](O)[C@H](O)C(=O)[O-].O=C[C@H](O)[C@@H](O)[C@@H](O)[C@H](O)C(=O)[O-].O=C[C@H](O)[C@@H](O)[C@@H](O)[C@H](O)C(=O)[O-].O=C[C@H](O)[C@@H](O)[C@@H](O)[C@H](O)C(=O)[O-].O=C[C@H](O)[C@@H](O)[C@@H](O)[C@H](O)C(=O)[O-].O=C[C@H](O)[C@@H](O)[C@@H](O)[C@H](O)C(=O)[O-].O=C[C@H](O)[C@@H](O)[C@@H](O)[C@H](O)C(=O)[O-].[Co+2].[Co+2].[Co+2].[Co+2].[Co+2]. The van der Waals surface area contributed by atoms with Crippen LogP contribution >= 0.6 is 0 Å². The number of aliphatic hydroxyl groups excluding tert-OH is 40. The molecule has 0 amide bonds. The Kier molecular flexibility index (Phi) is 102. The van der Waals surface area contributed by atoms with Crippen molar-refractivity contribution in [1.82, 2.24) is 0 Å². The maximum Gasteiger partial charge on any atom is 2.00 e. The molecule has 0 fully saturated rings. The fraction of sp³-hybridized carbons (Fsp3) is 0.667. The van der Waals surface area contributed by atoms with Gasteiger partial charge in [0.05, 0.1) is 59.7 Å². The second-order valence-electron chi connectivity index (χ2n) is 23.7. The molecule has 0 aliphatic heterocycles. The van der Waals surface area contributed by atoms with Gasteiger partial charge in [-0.15, -0.1) is 0 Å². The van der Waals surface area contributed by atoms with Gasteiger partial charge in [0.25, 0.3) is 0 Å². The number of aliphatic hydroxyl groups is 40. The van der Waals surface area contributed by atoms with Crippen LogP contribution in [0.5, 0.6) is 0 Å². The third-order valence-corrected chi connectivity index (χ3v) is 14.0. The largest absolute Gasteiger partial charge is 2.00 e. The first kappa shape index (κ1) is 161. The van der Waals surface area contributed by atoms with Gasteiger partial charge >= 0.3 is 83.9 Å². The van der Waals surface area contributed by atoms with Gasteiger partial charge in [-0.3, -0.25) is 0 Å². The van der Waals surface area contributed by atoms with E-state index in [9.17, 15) is 147 Å². The summed E-state index contributed by atoms with van der Waals surface area (Å²) in [6.45, 7) is 0. The van der Waals surface area contributed by atoms with E-state index >= 15 is 0 Å². The van der Waals surface area contributed by atoms with Crippen LogP contribution in [0.15, 0.2) is 0 Å². The van der Waals surface area contributed by atoms with Crippen LogP contribution < -0.4 is 51.1 Å². The molecule has 0 unspecified atom stereocenters. The van der Waals surface area contributed by atoms with Crippen molar-refractivity contribution in [1.29, 1.82) is 0 Å². The Balaban J connectivity index is -0.0000000908. The predicted molar refractivity (Wildman–Crippen MR) is 351 cm³/mol. The van der Waals surface area contributed by atoms with Gasteiger partial charge in [0.2, 0.25) is 0 Å². The summed E-state index contributed by atoms with van der Waals surface area (Å²) in [7, 11) is 0. The summed E-state index contributed by atoms with van der Waals surface area (Å²) in [5, 5.41) is 448. The van der Waals surface area contributed by atoms with Gasteiger partial charge < -0.3 is 351 Å². The Labute approximate surface area is 798 Å². The monoisotopic (exact) mass is 2230 g/mol. The molecule has 70 nitrogen and oxygen atoms in total. The van der Waals surface area contributed by atoms with Crippen molar-refractivity contribution in [3.63, 3.8) is 0 Å². The van der Waals surface area contributed by atoms with Crippen LogP contribution in [0, 0.1) is 0 Å². The van der Waals surface area contributed by atoms with E-state index in [1.165, 1.54) is 0 Å². The molecule has 5 radical (unpaired) electrons. The number of carbonyl (C=O) groups is 20. The zero-order valence-corrected chi connectivity index (χ0v) is 70.9. The average molecular weight is 2230 g/mol. The van der Waals surface area contributed by atoms with Gasteiger partial charge in [0.1, 0.15) is 244 Å². The average Bonchev–Trinajstić information content (AvgIpc) is 0.954. The normalized spacial score (nSPS) is 19.3. The van der Waals surface area contributed by atoms with Gasteiger partial charge in [-0.2, -0.15) is 0 Å². The minimum atomic E-state index is -2.36. The summed E-state index contributed by atoms with van der Waals surface area (Å²) >= 11 is 0. The van der Waals surface area contributed by atoms with Gasteiger partial charge in [0, 0.05) is 0 Å². The molecule has 135 heavy (non-hydrogen) atoms. The molecular weight excluding hydrogens is 2140 g/mol. The molecule has 75 heteroatoms. The van der Waals surface area contributed by atoms with Crippen LogP contribution in [0.2, 0.25) is 0 Å². The maximum atomic E-state index is 9.95. The molecule has 0 heterocycles. The number of carboxylic acids is 10. The topological polar surface area (TPSA) is 1380 Å². The number of aliphatic carboxylic acids is 10. The van der Waals surface area contributed by atoms with Crippen LogP contribution in [0.1, 0.15) is 0 Å². The van der Waals surface area contributed by atoms with Crippen LogP contribution in [0.25, 0.3) is 0 Å². The molecule has 0 aromatic carbocycles. The van der Waals surface area contributed by atoms with E-state index in [1.54, 1.807) is 0 Å². The fourth-order valence-electron chi connectivity index (χ4n) is 6.09. The van der Waals surface area contributed by atoms with E-state index in [1.807, 2.05) is 0 Å². The number of rotatable bonds is 50. The number of carbonyl (C=O) groups excluding carboxylic acids is 20. The number of hydrogen-bond donors (Lipinski definition) is 40. The number of carboxylic acid groups (broad SMARTS) is 10. The first-order chi connectivity index (χ1) is 59.1. The second-order valence-corrected chi connectivity index (χ2v) is 23.7. The third-order valence-electron chi connectivity index (χ3n) is 14.0. The van der Waals surface area contributed by atoms with Crippen molar-refractivity contribution in [2.24, 2.45) is 0 Å². The van der Waals surface area contributed by atoms with Gasteiger partial charge in [-0.25, -0.2) is 0 Å². The molecule has 40 atom stereocenters. The molecule has 0 aromatic heterocycles. The van der Waals surface area contributed by atoms with E-state index in [0.717, 1.165) is 0 Å². The fourth-order valence-corrected chi connectivity index (χ4v) is 6.09. The van der Waals surface area contributed by atoms with Crippen LogP contribution in [-0.2, 0) is 180 Å². The molecule has 795 valence electrons. The Morgan fingerprint density at radius 1 is 0.119 bits per heavy atom. The van der Waals surface area contributed by atoms with E-state index in [4.69, 9.17) is 204 Å². The summed E-state index contributed by atoms with van der Waals surface area (Å²) in [5.41, 5.74) is 0. The molecule has 0 rings (SSSR count). The molecule has 0 aromatic rings. The number of aldehydes is 10. The summed E-state index contributed by atoms with van der Waals surface area (Å²) < 4.78 is 0. The first-order valence-electron chi connectivity index (χ1n) is 33.0. The van der Waals surface area contributed by atoms with E-state index in [0.29, 0.717) is 0 Å². The number of hydrogen-bond acceptors (Lipinski definition) is 70. The molecule has 0 saturated carbocycles. The molecule has 0 spiro atoms. The summed E-state index contributed by atoms with van der Waals surface area (Å²) in [5.74, 6) is -20.1. The smallest absolute Gasteiger partial charge is 0.547 e. The summed E-state index contributed by atoms with van der Waals surface area (Å²) in [4.78, 5) is 198. The Morgan fingerprint density at radius 3 is 0.193 bits per heavy atom. The predicted octanol–water partition coefficient (Wildman–Crippen LogP) is -46.2. The van der Waals surface area contributed by atoms with Crippen molar-refractivity contribution >= 4 is 123 Å². The summed E-state index contributed by atoms with van der Waals surface area (Å²) in [6, 6.07) is 0. The van der Waals surface area contributed by atoms with Gasteiger partial charge in [-0.05, 0) is 0 Å². The minimum absolute atomic E-state index is 0. The van der Waals surface area contributed by atoms with Gasteiger partial charge in [0.15, 0.2) is 62.9 Å². The van der Waals surface area contributed by atoms with Crippen LogP contribution in [-0.4, -0.2) is 571 Å². The Morgan fingerprint density at radius 2 is 0.163 bits per heavy atom. The molecule has 0 saturated heterocycles. The quantitative estimate of drug-likeness (QED) is 0.0252. The van der Waals surface area contributed by atoms with Crippen molar-refractivity contribution < 1.29 is 435 Å². The van der Waals surface area contributed by atoms with E-state index in [-0.39, 0.29) is 147 Å². The standard InChI is InChI=1S/10C6H10O7.5Co/c10*7-1-2(8)3(9)4(10)5(11)6(12)13;;;;;/h10*1-5,8-11H,(H,12,13);;;;;/q;;;;;;;;;;5*+2/p-10/t10*2-,3+,4+,5-;;;;;/m0000000000...../s1. The van der Waals surface area contributed by atoms with Crippen molar-refractivity contribution in [3.05, 3.63) is 0 Å². The first-order valence-corrected chi connectivity index (χ1v) is 33.0. The summed E-state index contributed by atoms with van der Waals surface area (Å²) in [6.07, 6.45) is -86.5. The van der Waals surface area contributed by atoms with Crippen molar-refractivity contribution in [2.75, 3.05) is 0 Å². The minimum Gasteiger partial charge on any atom is -0.547 e. The second kappa shape index (κ2) is 85.5. The molecule has 0 aliphatic rings. The third kappa shape index (κ3) is 65.8. The van der Waals surface area contributed by atoms with Gasteiger partial charge in [-0.1, -0.05) is 0 Å². The van der Waals surface area contributed by atoms with Crippen molar-refractivity contribution in [3.8, 4) is 0 Å². The molecular formula is C60H90Co5O70. The van der Waals surface area contributed by atoms with Crippen LogP contribution in [0.4, 0.5) is 0 Å². The van der Waals surface area contributed by atoms with Crippen LogP contribution in [0.3, 0.4) is 0 Å². The van der Waals surface area contributed by atoms with E-state index < -0.39 is 304 Å². The zero-order chi connectivity index (χ0) is 106. The Bertz CT molecular complexity index is 2640. The molecule has 0 bridgehead atoms.